The molecule has 1 N–H and O–H groups in total. The van der Waals surface area contributed by atoms with E-state index in [0.29, 0.717) is 18.9 Å². The minimum absolute atomic E-state index is 0.0181. The first-order chi connectivity index (χ1) is 13.8. The number of tetrazole rings is 1. The molecule has 2 heterocycles. The van der Waals surface area contributed by atoms with Gasteiger partial charge in [-0.1, -0.05) is 54.6 Å². The normalized spacial score (nSPS) is 10.7. The van der Waals surface area contributed by atoms with Crippen molar-refractivity contribution in [3.8, 4) is 11.4 Å². The van der Waals surface area contributed by atoms with Crippen molar-refractivity contribution in [1.82, 2.24) is 40.3 Å². The zero-order valence-electron chi connectivity index (χ0n) is 15.0. The van der Waals surface area contributed by atoms with Crippen molar-refractivity contribution < 1.29 is 4.79 Å². The summed E-state index contributed by atoms with van der Waals surface area (Å²) in [6.45, 7) is 1.11. The van der Waals surface area contributed by atoms with Gasteiger partial charge >= 0.3 is 0 Å². The van der Waals surface area contributed by atoms with E-state index in [1.54, 1.807) is 11.0 Å². The van der Waals surface area contributed by atoms with Gasteiger partial charge in [0.05, 0.1) is 6.54 Å². The lowest BCUT2D eigenvalue weighted by Crippen LogP contribution is -2.28. The highest BCUT2D eigenvalue weighted by atomic mass is 16.2. The maximum atomic E-state index is 12.2. The highest BCUT2D eigenvalue weighted by Crippen LogP contribution is 2.11. The number of nitrogens with one attached hydrogen (secondary N) is 1. The molecule has 0 radical (unpaired) electrons. The van der Waals surface area contributed by atoms with E-state index in [-0.39, 0.29) is 12.5 Å². The summed E-state index contributed by atoms with van der Waals surface area (Å²) in [5.41, 5.74) is 2.98. The Morgan fingerprint density at radius 3 is 2.54 bits per heavy atom. The third-order valence-electron chi connectivity index (χ3n) is 4.09. The topological polar surface area (TPSA) is 103 Å². The molecule has 0 saturated heterocycles. The van der Waals surface area contributed by atoms with E-state index in [1.807, 2.05) is 54.6 Å². The Bertz CT molecular complexity index is 1030. The van der Waals surface area contributed by atoms with Gasteiger partial charge in [-0.3, -0.25) is 4.79 Å². The highest BCUT2D eigenvalue weighted by Gasteiger charge is 2.09. The van der Waals surface area contributed by atoms with Gasteiger partial charge in [0.2, 0.25) is 11.7 Å². The lowest BCUT2D eigenvalue weighted by molar-refractivity contribution is -0.122. The van der Waals surface area contributed by atoms with Crippen molar-refractivity contribution in [2.45, 2.75) is 19.6 Å². The monoisotopic (exact) mass is 374 g/mol. The van der Waals surface area contributed by atoms with E-state index in [0.717, 1.165) is 16.7 Å². The van der Waals surface area contributed by atoms with Crippen LogP contribution in [0.3, 0.4) is 0 Å². The molecule has 9 heteroatoms. The Morgan fingerprint density at radius 2 is 1.79 bits per heavy atom. The molecule has 4 aromatic rings. The summed E-state index contributed by atoms with van der Waals surface area (Å²) in [5.74, 6) is 0.320. The first-order valence-corrected chi connectivity index (χ1v) is 8.76. The number of benzene rings is 2. The predicted octanol–water partition coefficient (Wildman–Crippen LogP) is 1.30. The van der Waals surface area contributed by atoms with Crippen LogP contribution in [0.15, 0.2) is 67.3 Å². The van der Waals surface area contributed by atoms with Crippen molar-refractivity contribution in [1.29, 1.82) is 0 Å². The molecule has 2 aromatic carbocycles. The van der Waals surface area contributed by atoms with E-state index in [1.165, 1.54) is 11.1 Å². The van der Waals surface area contributed by atoms with Crippen LogP contribution in [0.1, 0.15) is 11.1 Å². The zero-order chi connectivity index (χ0) is 19.2. The maximum Gasteiger partial charge on any atom is 0.243 e. The Kier molecular flexibility index (Phi) is 5.14. The molecule has 2 aromatic heterocycles. The second kappa shape index (κ2) is 8.21. The van der Waals surface area contributed by atoms with E-state index < -0.39 is 0 Å². The molecule has 1 amide bonds. The van der Waals surface area contributed by atoms with Crippen LogP contribution < -0.4 is 5.32 Å². The molecular formula is C19H18N8O. The molecule has 28 heavy (non-hydrogen) atoms. The summed E-state index contributed by atoms with van der Waals surface area (Å²) in [7, 11) is 0. The highest BCUT2D eigenvalue weighted by molar-refractivity contribution is 5.75. The van der Waals surface area contributed by atoms with Crippen molar-refractivity contribution in [2.24, 2.45) is 0 Å². The van der Waals surface area contributed by atoms with Crippen LogP contribution in [-0.2, 0) is 24.4 Å². The molecular weight excluding hydrogens is 356 g/mol. The van der Waals surface area contributed by atoms with Crippen molar-refractivity contribution in [3.05, 3.63) is 78.4 Å². The molecule has 0 unspecified atom stereocenters. The molecule has 0 spiro atoms. The molecule has 4 rings (SSSR count). The number of hydrogen-bond donors (Lipinski definition) is 1. The summed E-state index contributed by atoms with van der Waals surface area (Å²) >= 11 is 0. The average molecular weight is 374 g/mol. The van der Waals surface area contributed by atoms with E-state index >= 15 is 0 Å². The van der Waals surface area contributed by atoms with Gasteiger partial charge in [0.15, 0.2) is 0 Å². The number of carbonyl (C=O) groups is 1. The Balaban J connectivity index is 1.28. The van der Waals surface area contributed by atoms with Gasteiger partial charge in [-0.2, -0.15) is 9.90 Å². The Morgan fingerprint density at radius 1 is 1.00 bits per heavy atom. The minimum Gasteiger partial charge on any atom is -0.350 e. The SMILES string of the molecule is O=C(Cn1nnc(-c2ccccc2)n1)NCc1ccc(Cn2cncn2)cc1. The summed E-state index contributed by atoms with van der Waals surface area (Å²) in [4.78, 5) is 17.4. The Hall–Kier alpha value is -3.88. The Labute approximate surface area is 161 Å². The van der Waals surface area contributed by atoms with Gasteiger partial charge in [0.1, 0.15) is 19.2 Å². The number of hydrogen-bond acceptors (Lipinski definition) is 6. The molecule has 9 nitrogen and oxygen atoms in total. The van der Waals surface area contributed by atoms with E-state index in [9.17, 15) is 4.79 Å². The maximum absolute atomic E-state index is 12.2. The zero-order valence-corrected chi connectivity index (χ0v) is 15.0. The fourth-order valence-electron chi connectivity index (χ4n) is 2.66. The number of rotatable bonds is 7. The average Bonchev–Trinajstić information content (AvgIpc) is 3.40. The van der Waals surface area contributed by atoms with Crippen molar-refractivity contribution >= 4 is 5.91 Å². The third kappa shape index (κ3) is 4.44. The molecule has 0 aliphatic carbocycles. The molecule has 0 aliphatic heterocycles. The standard InChI is InChI=1S/C19H18N8O/c28-18(12-27-24-19(23-25-27)17-4-2-1-3-5-17)21-10-15-6-8-16(9-7-15)11-26-14-20-13-22-26/h1-9,13-14H,10-12H2,(H,21,28). The van der Waals surface area contributed by atoms with Crippen LogP contribution in [0.5, 0.6) is 0 Å². The van der Waals surface area contributed by atoms with Gasteiger partial charge in [-0.15, -0.1) is 10.2 Å². The van der Waals surface area contributed by atoms with Crippen LogP contribution >= 0.6 is 0 Å². The van der Waals surface area contributed by atoms with Gasteiger partial charge in [0.25, 0.3) is 0 Å². The lowest BCUT2D eigenvalue weighted by atomic mass is 10.1. The molecule has 140 valence electrons. The number of carbonyl (C=O) groups excluding carboxylic acids is 1. The first-order valence-electron chi connectivity index (χ1n) is 8.76. The number of aromatic nitrogens is 7. The summed E-state index contributed by atoms with van der Waals surface area (Å²) < 4.78 is 1.76. The van der Waals surface area contributed by atoms with Crippen LogP contribution in [0.4, 0.5) is 0 Å². The summed E-state index contributed by atoms with van der Waals surface area (Å²) in [5, 5.41) is 19.1. The fraction of sp³-hybridized carbons (Fsp3) is 0.158. The van der Waals surface area contributed by atoms with Crippen LogP contribution in [0.2, 0.25) is 0 Å². The molecule has 0 aliphatic rings. The van der Waals surface area contributed by atoms with Crippen LogP contribution in [-0.4, -0.2) is 40.9 Å². The second-order valence-corrected chi connectivity index (χ2v) is 6.20. The van der Waals surface area contributed by atoms with Crippen molar-refractivity contribution in [2.75, 3.05) is 0 Å². The minimum atomic E-state index is -0.177. The van der Waals surface area contributed by atoms with Gasteiger partial charge in [-0.25, -0.2) is 9.67 Å². The summed E-state index contributed by atoms with van der Waals surface area (Å²) in [6, 6.07) is 17.5. The molecule has 0 saturated carbocycles. The van der Waals surface area contributed by atoms with Gasteiger partial charge in [0, 0.05) is 12.1 Å². The fourth-order valence-corrected chi connectivity index (χ4v) is 2.66. The first kappa shape index (κ1) is 17.5. The lowest BCUT2D eigenvalue weighted by Gasteiger charge is -2.06. The second-order valence-electron chi connectivity index (χ2n) is 6.20. The third-order valence-corrected chi connectivity index (χ3v) is 4.09. The van der Waals surface area contributed by atoms with Gasteiger partial charge in [-0.05, 0) is 16.3 Å². The van der Waals surface area contributed by atoms with Crippen molar-refractivity contribution in [3.63, 3.8) is 0 Å². The van der Waals surface area contributed by atoms with Gasteiger partial charge < -0.3 is 5.32 Å². The molecule has 0 atom stereocenters. The van der Waals surface area contributed by atoms with Crippen LogP contribution in [0.25, 0.3) is 11.4 Å². The summed E-state index contributed by atoms with van der Waals surface area (Å²) in [6.07, 6.45) is 3.19. The van der Waals surface area contributed by atoms with E-state index in [2.05, 4.69) is 30.8 Å². The predicted molar refractivity (Wildman–Crippen MR) is 101 cm³/mol. The smallest absolute Gasteiger partial charge is 0.243 e. The quantitative estimate of drug-likeness (QED) is 0.523. The van der Waals surface area contributed by atoms with Crippen LogP contribution in [0, 0.1) is 0 Å². The number of amides is 1. The largest absolute Gasteiger partial charge is 0.350 e. The van der Waals surface area contributed by atoms with E-state index in [4.69, 9.17) is 0 Å². The molecule has 0 bridgehead atoms. The number of nitrogens with zero attached hydrogens (tertiary/aromatic N) is 7. The molecule has 0 fully saturated rings.